The maximum Gasteiger partial charge on any atom is 0.272 e. The van der Waals surface area contributed by atoms with Crippen LogP contribution in [0.15, 0.2) is 108 Å². The van der Waals surface area contributed by atoms with Gasteiger partial charge in [-0.25, -0.2) is 4.39 Å². The second-order valence-corrected chi connectivity index (χ2v) is 11.8. The van der Waals surface area contributed by atoms with Gasteiger partial charge in [0.1, 0.15) is 17.3 Å². The van der Waals surface area contributed by atoms with E-state index in [1.807, 2.05) is 18.2 Å². The summed E-state index contributed by atoms with van der Waals surface area (Å²) in [6, 6.07) is 26.6. The molecule has 7 nitrogen and oxygen atoms in total. The molecule has 0 heterocycles. The van der Waals surface area contributed by atoms with Crippen LogP contribution in [-0.2, 0) is 9.59 Å². The fourth-order valence-electron chi connectivity index (χ4n) is 4.05. The van der Waals surface area contributed by atoms with Crippen molar-refractivity contribution in [2.24, 2.45) is 0 Å². The number of rotatable bonds is 13. The number of amides is 3. The number of nitrogens with one attached hydrogen (secondary N) is 3. The van der Waals surface area contributed by atoms with Crippen LogP contribution in [0.5, 0.6) is 5.75 Å². The zero-order valence-electron chi connectivity index (χ0n) is 24.8. The molecule has 0 saturated carbocycles. The fourth-order valence-corrected chi connectivity index (χ4v) is 5.20. The minimum Gasteiger partial charge on any atom is -0.494 e. The zero-order chi connectivity index (χ0) is 32.2. The Kier molecular flexibility index (Phi) is 12.2. The predicted molar refractivity (Wildman–Crippen MR) is 179 cm³/mol. The average Bonchev–Trinajstić information content (AvgIpc) is 3.03. The summed E-state index contributed by atoms with van der Waals surface area (Å²) < 4.78 is 20.3. The molecule has 0 aliphatic rings. The van der Waals surface area contributed by atoms with Crippen molar-refractivity contribution in [1.29, 1.82) is 0 Å². The summed E-state index contributed by atoms with van der Waals surface area (Å²) in [5.74, 6) is -1.33. The first kappa shape index (κ1) is 33.3. The number of hydrogen-bond acceptors (Lipinski definition) is 5. The van der Waals surface area contributed by atoms with Crippen LogP contribution < -0.4 is 20.7 Å². The number of ether oxygens (including phenoxy) is 1. The number of unbranched alkanes of at least 4 members (excludes halogenated alkanes) is 1. The van der Waals surface area contributed by atoms with Crippen molar-refractivity contribution >= 4 is 58.5 Å². The Hall–Kier alpha value is -4.60. The molecule has 4 rings (SSSR count). The predicted octanol–water partition coefficient (Wildman–Crippen LogP) is 8.19. The fraction of sp³-hybridized carbons (Fsp3) is 0.171. The molecule has 0 aliphatic carbocycles. The van der Waals surface area contributed by atoms with Gasteiger partial charge in [0, 0.05) is 27.4 Å². The van der Waals surface area contributed by atoms with Crippen molar-refractivity contribution in [3.05, 3.63) is 125 Å². The third kappa shape index (κ3) is 9.96. The summed E-state index contributed by atoms with van der Waals surface area (Å²) in [5.41, 5.74) is 1.14. The molecule has 232 valence electrons. The van der Waals surface area contributed by atoms with Crippen molar-refractivity contribution in [3.63, 3.8) is 0 Å². The lowest BCUT2D eigenvalue weighted by Gasteiger charge is -2.14. The van der Waals surface area contributed by atoms with E-state index in [2.05, 4.69) is 22.9 Å². The summed E-state index contributed by atoms with van der Waals surface area (Å²) in [5, 5.41) is 7.86. The molecule has 0 bridgehead atoms. The van der Waals surface area contributed by atoms with Crippen molar-refractivity contribution < 1.29 is 23.5 Å². The van der Waals surface area contributed by atoms with Crippen LogP contribution in [0, 0.1) is 5.82 Å². The first-order valence-electron chi connectivity index (χ1n) is 14.4. The third-order valence-electron chi connectivity index (χ3n) is 6.48. The molecule has 0 saturated heterocycles. The van der Waals surface area contributed by atoms with Crippen LogP contribution in [-0.4, -0.2) is 29.6 Å². The first-order valence-corrected chi connectivity index (χ1v) is 15.6. The molecule has 4 aromatic rings. The molecular weight excluding hydrogens is 613 g/mol. The van der Waals surface area contributed by atoms with Gasteiger partial charge in [0.2, 0.25) is 5.91 Å². The highest BCUT2D eigenvalue weighted by Gasteiger charge is 2.19. The normalized spacial score (nSPS) is 11.8. The van der Waals surface area contributed by atoms with Crippen LogP contribution in [0.3, 0.4) is 0 Å². The second kappa shape index (κ2) is 16.5. The van der Waals surface area contributed by atoms with Crippen LogP contribution in [0.1, 0.15) is 42.6 Å². The number of halogens is 2. The Labute approximate surface area is 271 Å². The van der Waals surface area contributed by atoms with Crippen molar-refractivity contribution in [1.82, 2.24) is 5.32 Å². The largest absolute Gasteiger partial charge is 0.494 e. The van der Waals surface area contributed by atoms with Gasteiger partial charge in [0.25, 0.3) is 11.8 Å². The van der Waals surface area contributed by atoms with E-state index in [0.717, 1.165) is 23.5 Å². The monoisotopic (exact) mass is 645 g/mol. The number of thioether (sulfide) groups is 1. The van der Waals surface area contributed by atoms with Crippen LogP contribution >= 0.6 is 23.4 Å². The molecule has 0 fully saturated rings. The van der Waals surface area contributed by atoms with Gasteiger partial charge < -0.3 is 20.7 Å². The van der Waals surface area contributed by atoms with E-state index in [4.69, 9.17) is 16.3 Å². The quantitative estimate of drug-likeness (QED) is 0.0774. The first-order chi connectivity index (χ1) is 21.7. The third-order valence-corrected chi connectivity index (χ3v) is 7.90. The Morgan fingerprint density at radius 1 is 0.911 bits per heavy atom. The maximum absolute atomic E-state index is 14.6. The summed E-state index contributed by atoms with van der Waals surface area (Å²) in [6.45, 7) is 4.53. The van der Waals surface area contributed by atoms with E-state index in [-0.39, 0.29) is 22.2 Å². The van der Waals surface area contributed by atoms with E-state index in [0.29, 0.717) is 23.5 Å². The van der Waals surface area contributed by atoms with Crippen molar-refractivity contribution in [2.45, 2.75) is 36.8 Å². The van der Waals surface area contributed by atoms with Gasteiger partial charge in [-0.3, -0.25) is 14.4 Å². The summed E-state index contributed by atoms with van der Waals surface area (Å²) in [6.07, 6.45) is 3.22. The van der Waals surface area contributed by atoms with Crippen LogP contribution in [0.4, 0.5) is 15.8 Å². The highest BCUT2D eigenvalue weighted by molar-refractivity contribution is 8.00. The van der Waals surface area contributed by atoms with Gasteiger partial charge in [0.05, 0.1) is 16.9 Å². The molecule has 0 aromatic heterocycles. The molecule has 3 N–H and O–H groups in total. The smallest absolute Gasteiger partial charge is 0.272 e. The van der Waals surface area contributed by atoms with Gasteiger partial charge in [-0.05, 0) is 86.2 Å². The van der Waals surface area contributed by atoms with Crippen LogP contribution in [0.2, 0.25) is 5.02 Å². The van der Waals surface area contributed by atoms with Crippen molar-refractivity contribution in [3.8, 4) is 5.75 Å². The van der Waals surface area contributed by atoms with Crippen LogP contribution in [0.25, 0.3) is 6.08 Å². The standard InChI is InChI=1S/C35H33ClFN3O4S/c1-3-4-20-44-27-18-16-25(17-19-27)38-33(41)23(2)45-28-13-8-12-26(21-28)39-35(43)32(22-29-30(36)14-9-15-31(29)37)40-34(42)24-10-6-5-7-11-24/h5-19,21-23H,3-4,20H2,1-2H3,(H,38,41)(H,39,43)(H,40,42)/b32-22+. The van der Waals surface area contributed by atoms with Gasteiger partial charge in [-0.1, -0.05) is 55.3 Å². The number of anilines is 2. The average molecular weight is 646 g/mol. The molecular formula is C35H33ClFN3O4S. The summed E-state index contributed by atoms with van der Waals surface area (Å²) in [7, 11) is 0. The lowest BCUT2D eigenvalue weighted by molar-refractivity contribution is -0.115. The highest BCUT2D eigenvalue weighted by Crippen LogP contribution is 2.28. The van der Waals surface area contributed by atoms with E-state index < -0.39 is 22.9 Å². The summed E-state index contributed by atoms with van der Waals surface area (Å²) in [4.78, 5) is 39.9. The molecule has 0 radical (unpaired) electrons. The molecule has 10 heteroatoms. The van der Waals surface area contributed by atoms with Crippen molar-refractivity contribution in [2.75, 3.05) is 17.2 Å². The minimum absolute atomic E-state index is 0.0412. The van der Waals surface area contributed by atoms with E-state index >= 15 is 0 Å². The van der Waals surface area contributed by atoms with E-state index in [1.165, 1.54) is 36.0 Å². The lowest BCUT2D eigenvalue weighted by atomic mass is 10.1. The SMILES string of the molecule is CCCCOc1ccc(NC(=O)C(C)Sc2cccc(NC(=O)/C(=C\c3c(F)cccc3Cl)NC(=O)c3ccccc3)c2)cc1. The molecule has 0 aliphatic heterocycles. The zero-order valence-corrected chi connectivity index (χ0v) is 26.4. The minimum atomic E-state index is -0.686. The number of carbonyl (C=O) groups excluding carboxylic acids is 3. The number of hydrogen-bond donors (Lipinski definition) is 3. The van der Waals surface area contributed by atoms with E-state index in [1.54, 1.807) is 67.6 Å². The highest BCUT2D eigenvalue weighted by atomic mass is 35.5. The number of carbonyl (C=O) groups is 3. The van der Waals surface area contributed by atoms with E-state index in [9.17, 15) is 18.8 Å². The van der Waals surface area contributed by atoms with Gasteiger partial charge in [0.15, 0.2) is 0 Å². The van der Waals surface area contributed by atoms with Gasteiger partial charge in [-0.15, -0.1) is 11.8 Å². The Balaban J connectivity index is 1.44. The second-order valence-electron chi connectivity index (χ2n) is 9.97. The molecule has 0 spiro atoms. The van der Waals surface area contributed by atoms with Gasteiger partial charge >= 0.3 is 0 Å². The number of benzene rings is 4. The molecule has 4 aromatic carbocycles. The lowest BCUT2D eigenvalue weighted by Crippen LogP contribution is -2.30. The molecule has 1 atom stereocenters. The Morgan fingerprint density at radius 3 is 2.36 bits per heavy atom. The topological polar surface area (TPSA) is 96.5 Å². The summed E-state index contributed by atoms with van der Waals surface area (Å²) >= 11 is 7.51. The molecule has 3 amide bonds. The molecule has 1 unspecified atom stereocenters. The molecule has 45 heavy (non-hydrogen) atoms. The van der Waals surface area contributed by atoms with Gasteiger partial charge in [-0.2, -0.15) is 0 Å². The maximum atomic E-state index is 14.6. The Morgan fingerprint density at radius 2 is 1.64 bits per heavy atom. The Bertz CT molecular complexity index is 1650.